The molecule has 10 heteroatoms. The molecule has 0 saturated heterocycles. The SMILES string of the molecule is CCn1nc(C)cc1C(=O)Nc1cccc(C(=O)c2ccc3c(c2)C(C=Nc2ccc(OC)c(O)c2)C(=O)N3)c1. The maximum atomic E-state index is 13.4. The molecule has 0 saturated carbocycles. The summed E-state index contributed by atoms with van der Waals surface area (Å²) >= 11 is 0. The number of ketones is 1. The fraction of sp³-hybridized carbons (Fsp3) is 0.167. The second kappa shape index (κ2) is 10.9. The zero-order chi connectivity index (χ0) is 28.4. The molecule has 4 aromatic rings. The van der Waals surface area contributed by atoms with Crippen LogP contribution in [-0.2, 0) is 11.3 Å². The van der Waals surface area contributed by atoms with Crippen LogP contribution in [0.25, 0.3) is 0 Å². The first-order valence-electron chi connectivity index (χ1n) is 12.6. The first-order valence-corrected chi connectivity index (χ1v) is 12.6. The van der Waals surface area contributed by atoms with Crippen molar-refractivity contribution in [1.82, 2.24) is 9.78 Å². The highest BCUT2D eigenvalue weighted by Gasteiger charge is 2.30. The summed E-state index contributed by atoms with van der Waals surface area (Å²) in [4.78, 5) is 43.3. The van der Waals surface area contributed by atoms with Gasteiger partial charge in [-0.05, 0) is 67.9 Å². The van der Waals surface area contributed by atoms with Gasteiger partial charge >= 0.3 is 0 Å². The molecule has 202 valence electrons. The van der Waals surface area contributed by atoms with Gasteiger partial charge in [-0.2, -0.15) is 5.10 Å². The Morgan fingerprint density at radius 2 is 1.93 bits per heavy atom. The number of nitrogens with zero attached hydrogens (tertiary/aromatic N) is 3. The maximum Gasteiger partial charge on any atom is 0.273 e. The standard InChI is InChI=1S/C30H27N5O5/c1-4-35-25(12-17(2)34-35)30(39)32-21-7-5-6-18(13-21)28(37)19-8-10-24-22(14-19)23(29(38)33-24)16-31-20-9-11-27(40-3)26(36)15-20/h5-16,23,36H,4H2,1-3H3,(H,32,39)(H,33,38). The van der Waals surface area contributed by atoms with Crippen molar-refractivity contribution in [2.45, 2.75) is 26.3 Å². The summed E-state index contributed by atoms with van der Waals surface area (Å²) in [7, 11) is 1.45. The molecular formula is C30H27N5O5. The van der Waals surface area contributed by atoms with Crippen LogP contribution in [0.15, 0.2) is 71.7 Å². The minimum absolute atomic E-state index is 0.0640. The molecule has 0 aliphatic carbocycles. The molecule has 0 radical (unpaired) electrons. The van der Waals surface area contributed by atoms with Crippen molar-refractivity contribution in [1.29, 1.82) is 0 Å². The minimum atomic E-state index is -0.718. The van der Waals surface area contributed by atoms with Gasteiger partial charge in [0.15, 0.2) is 17.3 Å². The van der Waals surface area contributed by atoms with Crippen LogP contribution in [-0.4, -0.2) is 45.8 Å². The molecule has 1 aliphatic heterocycles. The van der Waals surface area contributed by atoms with Crippen molar-refractivity contribution in [2.75, 3.05) is 17.7 Å². The molecule has 1 aromatic heterocycles. The van der Waals surface area contributed by atoms with Gasteiger partial charge in [0.05, 0.1) is 18.5 Å². The molecular weight excluding hydrogens is 510 g/mol. The normalized spacial score (nSPS) is 14.2. The Bertz CT molecular complexity index is 1670. The smallest absolute Gasteiger partial charge is 0.273 e. The summed E-state index contributed by atoms with van der Waals surface area (Å²) in [6, 6.07) is 18.1. The number of anilines is 2. The van der Waals surface area contributed by atoms with Gasteiger partial charge in [0.1, 0.15) is 11.6 Å². The number of aliphatic imine (C=N–C) groups is 1. The van der Waals surface area contributed by atoms with E-state index in [1.807, 2.05) is 13.8 Å². The number of benzene rings is 3. The third-order valence-electron chi connectivity index (χ3n) is 6.54. The summed E-state index contributed by atoms with van der Waals surface area (Å²) in [5.74, 6) is -1.31. The lowest BCUT2D eigenvalue weighted by Gasteiger charge is -2.09. The molecule has 3 N–H and O–H groups in total. The van der Waals surface area contributed by atoms with Gasteiger partial charge in [-0.25, -0.2) is 0 Å². The van der Waals surface area contributed by atoms with E-state index in [2.05, 4.69) is 20.7 Å². The molecule has 2 heterocycles. The van der Waals surface area contributed by atoms with E-state index < -0.39 is 5.92 Å². The minimum Gasteiger partial charge on any atom is -0.504 e. The number of hydrogen-bond donors (Lipinski definition) is 3. The number of aryl methyl sites for hydroxylation is 2. The average Bonchev–Trinajstić information content (AvgIpc) is 3.49. The Balaban J connectivity index is 1.37. The fourth-order valence-corrected chi connectivity index (χ4v) is 4.56. The number of amides is 2. The van der Waals surface area contributed by atoms with E-state index in [1.54, 1.807) is 65.3 Å². The second-order valence-electron chi connectivity index (χ2n) is 9.25. The highest BCUT2D eigenvalue weighted by molar-refractivity contribution is 6.15. The topological polar surface area (TPSA) is 135 Å². The summed E-state index contributed by atoms with van der Waals surface area (Å²) in [6.45, 7) is 4.28. The quantitative estimate of drug-likeness (QED) is 0.217. The van der Waals surface area contributed by atoms with Gasteiger partial charge < -0.3 is 20.5 Å². The number of ether oxygens (including phenoxy) is 1. The lowest BCUT2D eigenvalue weighted by Crippen LogP contribution is -2.17. The Labute approximate surface area is 230 Å². The van der Waals surface area contributed by atoms with Crippen molar-refractivity contribution in [2.24, 2.45) is 4.99 Å². The lowest BCUT2D eigenvalue weighted by atomic mass is 9.96. The lowest BCUT2D eigenvalue weighted by molar-refractivity contribution is -0.115. The molecule has 40 heavy (non-hydrogen) atoms. The molecule has 1 atom stereocenters. The Kier molecular flexibility index (Phi) is 7.15. The predicted molar refractivity (Wildman–Crippen MR) is 151 cm³/mol. The highest BCUT2D eigenvalue weighted by atomic mass is 16.5. The van der Waals surface area contributed by atoms with Crippen LogP contribution in [0.4, 0.5) is 17.1 Å². The average molecular weight is 538 g/mol. The van der Waals surface area contributed by atoms with E-state index in [4.69, 9.17) is 4.74 Å². The molecule has 10 nitrogen and oxygen atoms in total. The van der Waals surface area contributed by atoms with Gasteiger partial charge in [-0.15, -0.1) is 0 Å². The largest absolute Gasteiger partial charge is 0.504 e. The van der Waals surface area contributed by atoms with Crippen molar-refractivity contribution in [3.63, 3.8) is 0 Å². The monoisotopic (exact) mass is 537 g/mol. The number of phenols is 1. The third-order valence-corrected chi connectivity index (χ3v) is 6.54. The van der Waals surface area contributed by atoms with Crippen molar-refractivity contribution in [3.05, 3.63) is 94.8 Å². The predicted octanol–water partition coefficient (Wildman–Crippen LogP) is 4.85. The van der Waals surface area contributed by atoms with Crippen LogP contribution < -0.4 is 15.4 Å². The van der Waals surface area contributed by atoms with E-state index in [-0.39, 0.29) is 23.3 Å². The van der Waals surface area contributed by atoms with Crippen LogP contribution in [0.3, 0.4) is 0 Å². The van der Waals surface area contributed by atoms with Gasteiger partial charge in [0.2, 0.25) is 5.91 Å². The Morgan fingerprint density at radius 1 is 1.12 bits per heavy atom. The summed E-state index contributed by atoms with van der Waals surface area (Å²) in [5, 5.41) is 20.0. The number of nitrogens with one attached hydrogen (secondary N) is 2. The zero-order valence-corrected chi connectivity index (χ0v) is 22.1. The van der Waals surface area contributed by atoms with Crippen molar-refractivity contribution < 1.29 is 24.2 Å². The van der Waals surface area contributed by atoms with E-state index in [1.165, 1.54) is 19.4 Å². The summed E-state index contributed by atoms with van der Waals surface area (Å²) in [6.07, 6.45) is 1.48. The molecule has 1 aliphatic rings. The van der Waals surface area contributed by atoms with E-state index in [9.17, 15) is 19.5 Å². The van der Waals surface area contributed by atoms with Crippen LogP contribution in [0.2, 0.25) is 0 Å². The number of carbonyl (C=O) groups is 3. The van der Waals surface area contributed by atoms with E-state index in [0.29, 0.717) is 51.7 Å². The van der Waals surface area contributed by atoms with Gasteiger partial charge in [-0.3, -0.25) is 24.1 Å². The first kappa shape index (κ1) is 26.4. The maximum absolute atomic E-state index is 13.4. The van der Waals surface area contributed by atoms with Crippen molar-refractivity contribution >= 4 is 40.9 Å². The van der Waals surface area contributed by atoms with Crippen molar-refractivity contribution in [3.8, 4) is 11.5 Å². The molecule has 0 bridgehead atoms. The number of hydrogen-bond acceptors (Lipinski definition) is 7. The molecule has 2 amide bonds. The van der Waals surface area contributed by atoms with Gasteiger partial charge in [0.25, 0.3) is 5.91 Å². The molecule has 1 unspecified atom stereocenters. The molecule has 5 rings (SSSR count). The van der Waals surface area contributed by atoms with E-state index in [0.717, 1.165) is 5.69 Å². The number of carbonyl (C=O) groups excluding carboxylic acids is 3. The first-order chi connectivity index (χ1) is 19.3. The molecule has 0 fully saturated rings. The number of rotatable bonds is 8. The van der Waals surface area contributed by atoms with E-state index >= 15 is 0 Å². The number of aromatic hydroxyl groups is 1. The fourth-order valence-electron chi connectivity index (χ4n) is 4.56. The number of methoxy groups -OCH3 is 1. The number of phenolic OH excluding ortho intramolecular Hbond substituents is 1. The van der Waals surface area contributed by atoms with Crippen LogP contribution in [0, 0.1) is 6.92 Å². The Hall–Kier alpha value is -5.25. The summed E-state index contributed by atoms with van der Waals surface area (Å²) < 4.78 is 6.67. The van der Waals surface area contributed by atoms with Crippen LogP contribution in [0.5, 0.6) is 11.5 Å². The third kappa shape index (κ3) is 5.19. The molecule has 0 spiro atoms. The zero-order valence-electron chi connectivity index (χ0n) is 22.1. The van der Waals surface area contributed by atoms with Gasteiger partial charge in [-0.1, -0.05) is 12.1 Å². The number of fused-ring (bicyclic) bond motifs is 1. The highest BCUT2D eigenvalue weighted by Crippen LogP contribution is 2.34. The van der Waals surface area contributed by atoms with Gasteiger partial charge in [0, 0.05) is 41.3 Å². The second-order valence-corrected chi connectivity index (χ2v) is 9.25. The summed E-state index contributed by atoms with van der Waals surface area (Å²) in [5.41, 5.74) is 4.08. The molecule has 3 aromatic carbocycles. The Morgan fingerprint density at radius 3 is 2.67 bits per heavy atom. The van der Waals surface area contributed by atoms with Crippen LogP contribution >= 0.6 is 0 Å². The number of aromatic nitrogens is 2. The van der Waals surface area contributed by atoms with Crippen LogP contribution in [0.1, 0.15) is 50.5 Å².